The van der Waals surface area contributed by atoms with Gasteiger partial charge in [0.05, 0.1) is 12.5 Å². The lowest BCUT2D eigenvalue weighted by atomic mass is 9.71. The molecule has 7 nitrogen and oxygen atoms in total. The molecule has 276 valence electrons. The molecule has 3 N–H and O–H groups in total. The zero-order valence-electron chi connectivity index (χ0n) is 31.1. The van der Waals surface area contributed by atoms with Crippen LogP contribution in [-0.2, 0) is 19.1 Å². The fourth-order valence-corrected chi connectivity index (χ4v) is 7.44. The lowest BCUT2D eigenvalue weighted by molar-refractivity contribution is -0.154. The summed E-state index contributed by atoms with van der Waals surface area (Å²) in [5, 5.41) is 30.3. The van der Waals surface area contributed by atoms with E-state index in [9.17, 15) is 24.9 Å². The number of ether oxygens (including phenoxy) is 2. The SMILES string of the molecule is CCCCCCC(CCCC)C(CCCCCC)CC(CCCCCC)C(CCCCCC)C(=O)OC1=C(O)C(=O)O[C@@H]1[C@@H](O)CO. The van der Waals surface area contributed by atoms with Gasteiger partial charge in [-0.25, -0.2) is 4.79 Å². The van der Waals surface area contributed by atoms with Crippen molar-refractivity contribution < 1.29 is 34.4 Å². The molecule has 7 heteroatoms. The van der Waals surface area contributed by atoms with Gasteiger partial charge >= 0.3 is 11.9 Å². The fourth-order valence-electron chi connectivity index (χ4n) is 7.44. The van der Waals surface area contributed by atoms with E-state index in [4.69, 9.17) is 9.47 Å². The summed E-state index contributed by atoms with van der Waals surface area (Å²) in [4.78, 5) is 26.4. The molecular formula is C40H74O7. The number of esters is 2. The van der Waals surface area contributed by atoms with Gasteiger partial charge in [0, 0.05) is 0 Å². The molecule has 0 aromatic heterocycles. The zero-order valence-corrected chi connectivity index (χ0v) is 31.1. The Hall–Kier alpha value is -1.60. The minimum Gasteiger partial charge on any atom is -0.499 e. The number of aliphatic hydroxyl groups is 3. The van der Waals surface area contributed by atoms with Crippen molar-refractivity contribution in [3.63, 3.8) is 0 Å². The Kier molecular flexibility index (Phi) is 25.2. The first-order valence-corrected chi connectivity index (χ1v) is 19.9. The monoisotopic (exact) mass is 667 g/mol. The zero-order chi connectivity index (χ0) is 34.9. The molecule has 0 aliphatic carbocycles. The van der Waals surface area contributed by atoms with Gasteiger partial charge in [0.25, 0.3) is 0 Å². The van der Waals surface area contributed by atoms with Gasteiger partial charge in [-0.05, 0) is 37.0 Å². The van der Waals surface area contributed by atoms with Crippen LogP contribution in [0.5, 0.6) is 0 Å². The molecule has 1 aliphatic rings. The van der Waals surface area contributed by atoms with Gasteiger partial charge in [0.1, 0.15) is 6.10 Å². The highest BCUT2D eigenvalue weighted by atomic mass is 16.6. The topological polar surface area (TPSA) is 113 Å². The van der Waals surface area contributed by atoms with Gasteiger partial charge < -0.3 is 24.8 Å². The average Bonchev–Trinajstić information content (AvgIpc) is 3.35. The van der Waals surface area contributed by atoms with Gasteiger partial charge in [0.15, 0.2) is 6.10 Å². The number of hydrogen-bond donors (Lipinski definition) is 3. The van der Waals surface area contributed by atoms with Crippen LogP contribution in [0.1, 0.15) is 189 Å². The maximum absolute atomic E-state index is 14.2. The molecule has 0 radical (unpaired) electrons. The molecule has 0 bridgehead atoms. The lowest BCUT2D eigenvalue weighted by Crippen LogP contribution is -2.35. The second-order valence-corrected chi connectivity index (χ2v) is 14.4. The highest BCUT2D eigenvalue weighted by molar-refractivity contribution is 5.90. The van der Waals surface area contributed by atoms with E-state index in [1.807, 2.05) is 0 Å². The smallest absolute Gasteiger partial charge is 0.378 e. The van der Waals surface area contributed by atoms with Crippen molar-refractivity contribution in [3.05, 3.63) is 11.5 Å². The molecule has 6 atom stereocenters. The summed E-state index contributed by atoms with van der Waals surface area (Å²) in [6.45, 7) is 10.5. The van der Waals surface area contributed by atoms with E-state index in [0.29, 0.717) is 18.3 Å². The molecule has 0 amide bonds. The van der Waals surface area contributed by atoms with Crippen molar-refractivity contribution in [3.8, 4) is 0 Å². The summed E-state index contributed by atoms with van der Waals surface area (Å²) in [5.74, 6) is -1.68. The Balaban J connectivity index is 3.45. The Bertz CT molecular complexity index is 840. The number of carbonyl (C=O) groups excluding carboxylic acids is 2. The van der Waals surface area contributed by atoms with E-state index in [-0.39, 0.29) is 17.6 Å². The lowest BCUT2D eigenvalue weighted by Gasteiger charge is -2.34. The summed E-state index contributed by atoms with van der Waals surface area (Å²) in [7, 11) is 0. The van der Waals surface area contributed by atoms with Crippen LogP contribution in [0.15, 0.2) is 11.5 Å². The van der Waals surface area contributed by atoms with Gasteiger partial charge in [0.2, 0.25) is 11.5 Å². The van der Waals surface area contributed by atoms with Crippen molar-refractivity contribution in [2.45, 2.75) is 201 Å². The second kappa shape index (κ2) is 27.2. The molecule has 1 aliphatic heterocycles. The van der Waals surface area contributed by atoms with Crippen LogP contribution < -0.4 is 0 Å². The summed E-state index contributed by atoms with van der Waals surface area (Å²) in [5.41, 5.74) is 0. The Morgan fingerprint density at radius 1 is 0.660 bits per heavy atom. The number of hydrogen-bond acceptors (Lipinski definition) is 7. The predicted octanol–water partition coefficient (Wildman–Crippen LogP) is 10.5. The Morgan fingerprint density at radius 2 is 1.11 bits per heavy atom. The van der Waals surface area contributed by atoms with E-state index >= 15 is 0 Å². The normalized spacial score (nSPS) is 18.2. The minimum atomic E-state index is -1.49. The van der Waals surface area contributed by atoms with Crippen LogP contribution in [0.3, 0.4) is 0 Å². The molecule has 0 saturated carbocycles. The third kappa shape index (κ3) is 17.1. The van der Waals surface area contributed by atoms with E-state index in [1.165, 1.54) is 89.9 Å². The molecule has 47 heavy (non-hydrogen) atoms. The van der Waals surface area contributed by atoms with Gasteiger partial charge in [-0.2, -0.15) is 0 Å². The number of aliphatic hydroxyl groups excluding tert-OH is 3. The summed E-state index contributed by atoms with van der Waals surface area (Å²) < 4.78 is 10.9. The van der Waals surface area contributed by atoms with Crippen molar-refractivity contribution >= 4 is 11.9 Å². The van der Waals surface area contributed by atoms with Crippen molar-refractivity contribution in [1.82, 2.24) is 0 Å². The molecule has 0 aromatic carbocycles. The number of cyclic esters (lactones) is 1. The highest BCUT2D eigenvalue weighted by Gasteiger charge is 2.43. The summed E-state index contributed by atoms with van der Waals surface area (Å²) >= 11 is 0. The van der Waals surface area contributed by atoms with Crippen molar-refractivity contribution in [2.24, 2.45) is 23.7 Å². The summed E-state index contributed by atoms with van der Waals surface area (Å²) in [6.07, 6.45) is 24.7. The molecule has 0 saturated heterocycles. The standard InChI is InChI=1S/C40H74O7/c1-6-11-16-20-25-31(24-15-10-5)32(26-21-17-12-7-2)29-33(27-22-18-13-8-3)34(28-23-19-14-9-4)39(44)47-38-36(43)40(45)46-37(38)35(42)30-41/h31-35,37,41-43H,6-30H2,1-5H3/t31?,32?,33?,34?,35-,37+/m0/s1. The van der Waals surface area contributed by atoms with Crippen LogP contribution in [0.25, 0.3) is 0 Å². The average molecular weight is 667 g/mol. The number of rotatable bonds is 31. The van der Waals surface area contributed by atoms with E-state index in [0.717, 1.165) is 57.8 Å². The van der Waals surface area contributed by atoms with Crippen LogP contribution in [0.4, 0.5) is 0 Å². The minimum absolute atomic E-state index is 0.138. The third-order valence-corrected chi connectivity index (χ3v) is 10.4. The molecule has 0 spiro atoms. The molecule has 0 fully saturated rings. The predicted molar refractivity (Wildman–Crippen MR) is 192 cm³/mol. The quantitative estimate of drug-likeness (QED) is 0.0498. The van der Waals surface area contributed by atoms with E-state index < -0.39 is 36.5 Å². The molecule has 1 heterocycles. The van der Waals surface area contributed by atoms with E-state index in [2.05, 4.69) is 34.6 Å². The van der Waals surface area contributed by atoms with Crippen molar-refractivity contribution in [1.29, 1.82) is 0 Å². The second-order valence-electron chi connectivity index (χ2n) is 14.4. The first kappa shape index (κ1) is 43.4. The first-order chi connectivity index (χ1) is 22.8. The van der Waals surface area contributed by atoms with Crippen LogP contribution in [0, 0.1) is 23.7 Å². The third-order valence-electron chi connectivity index (χ3n) is 10.4. The van der Waals surface area contributed by atoms with Gasteiger partial charge in [-0.15, -0.1) is 0 Å². The highest BCUT2D eigenvalue weighted by Crippen LogP contribution is 2.40. The van der Waals surface area contributed by atoms with Crippen molar-refractivity contribution in [2.75, 3.05) is 6.61 Å². The maximum Gasteiger partial charge on any atom is 0.378 e. The van der Waals surface area contributed by atoms with Crippen LogP contribution in [0.2, 0.25) is 0 Å². The van der Waals surface area contributed by atoms with Crippen LogP contribution in [-0.4, -0.2) is 46.1 Å². The Morgan fingerprint density at radius 3 is 1.60 bits per heavy atom. The van der Waals surface area contributed by atoms with Crippen LogP contribution >= 0.6 is 0 Å². The van der Waals surface area contributed by atoms with Gasteiger partial charge in [-0.1, -0.05) is 169 Å². The Labute approximate surface area is 288 Å². The number of carbonyl (C=O) groups is 2. The molecule has 1 rings (SSSR count). The largest absolute Gasteiger partial charge is 0.499 e. The molecule has 0 aromatic rings. The summed E-state index contributed by atoms with van der Waals surface area (Å²) in [6, 6.07) is 0. The fraction of sp³-hybridized carbons (Fsp3) is 0.900. The molecular weight excluding hydrogens is 592 g/mol. The van der Waals surface area contributed by atoms with Gasteiger partial charge in [-0.3, -0.25) is 4.79 Å². The molecule has 4 unspecified atom stereocenters. The first-order valence-electron chi connectivity index (χ1n) is 19.9. The van der Waals surface area contributed by atoms with E-state index in [1.54, 1.807) is 0 Å². The number of unbranched alkanes of at least 4 members (excludes halogenated alkanes) is 13. The maximum atomic E-state index is 14.2.